The minimum Gasteiger partial charge on any atom is -0.474 e. The van der Waals surface area contributed by atoms with Crippen molar-refractivity contribution in [1.29, 1.82) is 0 Å². The molecule has 24 heavy (non-hydrogen) atoms. The van der Waals surface area contributed by atoms with Crippen molar-refractivity contribution in [2.75, 3.05) is 6.61 Å². The van der Waals surface area contributed by atoms with Gasteiger partial charge in [0.2, 0.25) is 5.69 Å². The average molecular weight is 401 g/mol. The van der Waals surface area contributed by atoms with Gasteiger partial charge in [-0.2, -0.15) is 0 Å². The van der Waals surface area contributed by atoms with Gasteiger partial charge in [-0.1, -0.05) is 0 Å². The maximum absolute atomic E-state index is 13.2. The molecule has 1 aromatic heterocycles. The Labute approximate surface area is 144 Å². The number of amidine groups is 1. The molecule has 2 rings (SSSR count). The lowest BCUT2D eigenvalue weighted by Crippen LogP contribution is -2.21. The van der Waals surface area contributed by atoms with Crippen LogP contribution in [0.4, 0.5) is 10.1 Å². The molecule has 2 N–H and O–H groups in total. The molecule has 0 aliphatic rings. The van der Waals surface area contributed by atoms with Gasteiger partial charge in [-0.15, -0.1) is 0 Å². The Morgan fingerprint density at radius 3 is 2.96 bits per heavy atom. The number of rotatable bonds is 7. The van der Waals surface area contributed by atoms with E-state index in [1.54, 1.807) is 0 Å². The normalized spacial score (nSPS) is 11.4. The largest absolute Gasteiger partial charge is 0.474 e. The first-order chi connectivity index (χ1) is 11.5. The van der Waals surface area contributed by atoms with E-state index in [9.17, 15) is 14.4 Å². The minimum atomic E-state index is -0.440. The molecule has 0 spiro atoms. The summed E-state index contributed by atoms with van der Waals surface area (Å²) in [6, 6.07) is 4.06. The quantitative estimate of drug-likeness (QED) is 0.318. The van der Waals surface area contributed by atoms with Crippen molar-refractivity contribution in [2.45, 2.75) is 19.8 Å². The summed E-state index contributed by atoms with van der Waals surface area (Å²) in [5.41, 5.74) is 2.27. The number of benzene rings is 1. The first-order valence-electron chi connectivity index (χ1n) is 6.90. The highest BCUT2D eigenvalue weighted by Gasteiger charge is 2.18. The summed E-state index contributed by atoms with van der Waals surface area (Å²) in [4.78, 5) is 15.0. The predicted octanol–water partition coefficient (Wildman–Crippen LogP) is 2.78. The molecule has 0 unspecified atom stereocenters. The number of aliphatic imine (C=N–C) groups is 1. The third-order valence-electron chi connectivity index (χ3n) is 2.84. The molecule has 0 aliphatic heterocycles. The van der Waals surface area contributed by atoms with E-state index < -0.39 is 5.82 Å². The van der Waals surface area contributed by atoms with Crippen LogP contribution >= 0.6 is 15.9 Å². The van der Waals surface area contributed by atoms with Gasteiger partial charge in [0.1, 0.15) is 11.6 Å². The summed E-state index contributed by atoms with van der Waals surface area (Å²) in [6.07, 6.45) is 0.884. The molecule has 0 fully saturated rings. The fourth-order valence-corrected chi connectivity index (χ4v) is 2.09. The van der Waals surface area contributed by atoms with E-state index in [1.165, 1.54) is 25.1 Å². The van der Waals surface area contributed by atoms with E-state index in [0.29, 0.717) is 18.5 Å². The molecular formula is C14H14BrFN4O4. The lowest BCUT2D eigenvalue weighted by atomic mass is 10.2. The fourth-order valence-electron chi connectivity index (χ4n) is 1.72. The SMILES string of the molecule is CC(=O)CCCOc1nonc1C(=Nc1ccc(F)c(Br)c1)NO. The van der Waals surface area contributed by atoms with Crippen LogP contribution in [0.15, 0.2) is 32.3 Å². The Bertz CT molecular complexity index is 750. The van der Waals surface area contributed by atoms with Gasteiger partial charge in [0, 0.05) is 6.42 Å². The van der Waals surface area contributed by atoms with Crippen molar-refractivity contribution in [3.8, 4) is 5.88 Å². The molecule has 0 radical (unpaired) electrons. The minimum absolute atomic E-state index is 0.0139. The summed E-state index contributed by atoms with van der Waals surface area (Å²) in [6.45, 7) is 1.71. The highest BCUT2D eigenvalue weighted by molar-refractivity contribution is 9.10. The highest BCUT2D eigenvalue weighted by atomic mass is 79.9. The number of Topliss-reactive ketones (excluding diaryl/α,β-unsaturated/α-hetero) is 1. The van der Waals surface area contributed by atoms with Crippen molar-refractivity contribution in [3.63, 3.8) is 0 Å². The molecule has 128 valence electrons. The molecule has 0 atom stereocenters. The number of ketones is 1. The van der Waals surface area contributed by atoms with Crippen molar-refractivity contribution in [1.82, 2.24) is 15.8 Å². The number of aromatic nitrogens is 2. The van der Waals surface area contributed by atoms with E-state index in [-0.39, 0.29) is 34.3 Å². The van der Waals surface area contributed by atoms with Gasteiger partial charge < -0.3 is 9.53 Å². The first-order valence-corrected chi connectivity index (χ1v) is 7.69. The Morgan fingerprint density at radius 1 is 1.50 bits per heavy atom. The lowest BCUT2D eigenvalue weighted by molar-refractivity contribution is -0.117. The average Bonchev–Trinajstić information content (AvgIpc) is 3.00. The van der Waals surface area contributed by atoms with Crippen LogP contribution in [0, 0.1) is 5.82 Å². The van der Waals surface area contributed by atoms with Crippen LogP contribution in [0.2, 0.25) is 0 Å². The molecular weight excluding hydrogens is 387 g/mol. The summed E-state index contributed by atoms with van der Waals surface area (Å²) >= 11 is 3.05. The second kappa shape index (κ2) is 8.50. The monoisotopic (exact) mass is 400 g/mol. The molecule has 1 aromatic carbocycles. The molecule has 10 heteroatoms. The van der Waals surface area contributed by atoms with Gasteiger partial charge in [-0.3, -0.25) is 10.7 Å². The number of ether oxygens (including phenoxy) is 1. The summed E-state index contributed by atoms with van der Waals surface area (Å²) in [5.74, 6) is -0.459. The van der Waals surface area contributed by atoms with Crippen molar-refractivity contribution >= 4 is 33.2 Å². The third-order valence-corrected chi connectivity index (χ3v) is 3.45. The summed E-state index contributed by atoms with van der Waals surface area (Å²) in [7, 11) is 0. The van der Waals surface area contributed by atoms with E-state index >= 15 is 0 Å². The number of carbonyl (C=O) groups excluding carboxylic acids is 1. The third kappa shape index (κ3) is 4.83. The van der Waals surface area contributed by atoms with Crippen molar-refractivity contribution < 1.29 is 23.8 Å². The molecule has 0 aliphatic carbocycles. The zero-order valence-corrected chi connectivity index (χ0v) is 14.2. The zero-order chi connectivity index (χ0) is 17.5. The van der Waals surface area contributed by atoms with Crippen LogP contribution in [-0.2, 0) is 4.79 Å². The van der Waals surface area contributed by atoms with Gasteiger partial charge in [0.05, 0.1) is 16.8 Å². The van der Waals surface area contributed by atoms with E-state index in [2.05, 4.69) is 35.9 Å². The van der Waals surface area contributed by atoms with Crippen LogP contribution in [0.5, 0.6) is 5.88 Å². The Balaban J connectivity index is 2.15. The Hall–Kier alpha value is -2.33. The zero-order valence-electron chi connectivity index (χ0n) is 12.6. The van der Waals surface area contributed by atoms with Gasteiger partial charge in [0.25, 0.3) is 5.88 Å². The molecule has 0 bridgehead atoms. The second-order valence-electron chi connectivity index (χ2n) is 4.74. The molecule has 1 heterocycles. The van der Waals surface area contributed by atoms with Crippen LogP contribution in [0.1, 0.15) is 25.5 Å². The number of hydroxylamine groups is 1. The molecule has 0 saturated carbocycles. The van der Waals surface area contributed by atoms with Gasteiger partial charge in [-0.25, -0.2) is 14.0 Å². The van der Waals surface area contributed by atoms with Crippen LogP contribution < -0.4 is 10.2 Å². The maximum Gasteiger partial charge on any atom is 0.287 e. The summed E-state index contributed by atoms with van der Waals surface area (Å²) in [5, 5.41) is 16.5. The lowest BCUT2D eigenvalue weighted by Gasteiger charge is -2.05. The number of nitrogens with zero attached hydrogens (tertiary/aromatic N) is 3. The van der Waals surface area contributed by atoms with E-state index in [4.69, 9.17) is 4.74 Å². The van der Waals surface area contributed by atoms with Crippen molar-refractivity contribution in [3.05, 3.63) is 34.2 Å². The first kappa shape index (κ1) is 18.0. The fraction of sp³-hybridized carbons (Fsp3) is 0.286. The summed E-state index contributed by atoms with van der Waals surface area (Å²) < 4.78 is 23.4. The number of halogens is 2. The molecule has 0 saturated heterocycles. The number of carbonyl (C=O) groups is 1. The number of hydrogen-bond donors (Lipinski definition) is 2. The Morgan fingerprint density at radius 2 is 2.29 bits per heavy atom. The second-order valence-corrected chi connectivity index (χ2v) is 5.60. The number of hydrogen-bond acceptors (Lipinski definition) is 7. The smallest absolute Gasteiger partial charge is 0.287 e. The van der Waals surface area contributed by atoms with Crippen LogP contribution in [-0.4, -0.2) is 33.7 Å². The van der Waals surface area contributed by atoms with Crippen LogP contribution in [0.3, 0.4) is 0 Å². The van der Waals surface area contributed by atoms with E-state index in [0.717, 1.165) is 0 Å². The predicted molar refractivity (Wildman–Crippen MR) is 84.9 cm³/mol. The topological polar surface area (TPSA) is 110 Å². The maximum atomic E-state index is 13.2. The number of nitrogens with one attached hydrogen (secondary N) is 1. The molecule has 8 nitrogen and oxygen atoms in total. The Kier molecular flexibility index (Phi) is 6.38. The molecule has 0 amide bonds. The van der Waals surface area contributed by atoms with Crippen LogP contribution in [0.25, 0.3) is 0 Å². The highest BCUT2D eigenvalue weighted by Crippen LogP contribution is 2.23. The van der Waals surface area contributed by atoms with Gasteiger partial charge in [-0.05, 0) is 57.8 Å². The van der Waals surface area contributed by atoms with Crippen molar-refractivity contribution in [2.24, 2.45) is 4.99 Å². The molecule has 2 aromatic rings. The van der Waals surface area contributed by atoms with E-state index in [1.807, 2.05) is 5.48 Å². The standard InChI is InChI=1S/C14H14BrFN4O4/c1-8(21)3-2-6-23-14-12(19-24-20-14)13(18-22)17-9-4-5-11(16)10(15)7-9/h4-5,7,22H,2-3,6H2,1H3,(H,17,18). The van der Waals surface area contributed by atoms with Gasteiger partial charge >= 0.3 is 0 Å². The van der Waals surface area contributed by atoms with Gasteiger partial charge in [0.15, 0.2) is 5.84 Å².